The van der Waals surface area contributed by atoms with Crippen LogP contribution in [0.15, 0.2) is 96.0 Å². The molecule has 0 aliphatic heterocycles. The molecule has 162 valence electrons. The second-order valence-corrected chi connectivity index (χ2v) is 8.97. The van der Waals surface area contributed by atoms with E-state index in [1.165, 1.54) is 23.5 Å². The van der Waals surface area contributed by atoms with Crippen LogP contribution in [0.5, 0.6) is 5.75 Å². The lowest BCUT2D eigenvalue weighted by Crippen LogP contribution is -2.26. The lowest BCUT2D eigenvalue weighted by molar-refractivity contribution is -0.118. The molecule has 0 radical (unpaired) electrons. The van der Waals surface area contributed by atoms with E-state index in [1.54, 1.807) is 48.7 Å². The van der Waals surface area contributed by atoms with E-state index in [0.29, 0.717) is 22.6 Å². The Morgan fingerprint density at radius 1 is 0.969 bits per heavy atom. The summed E-state index contributed by atoms with van der Waals surface area (Å²) >= 11 is 0. The minimum atomic E-state index is -3.79. The number of nitrogens with one attached hydrogen (secondary N) is 1. The molecule has 8 heteroatoms. The Bertz CT molecular complexity index is 1350. The van der Waals surface area contributed by atoms with E-state index < -0.39 is 15.9 Å². The smallest absolute Gasteiger partial charge is 0.264 e. The summed E-state index contributed by atoms with van der Waals surface area (Å²) in [5.41, 5.74) is 1.57. The third-order valence-electron chi connectivity index (χ3n) is 4.85. The van der Waals surface area contributed by atoms with Crippen molar-refractivity contribution in [3.63, 3.8) is 0 Å². The van der Waals surface area contributed by atoms with Gasteiger partial charge in [0.05, 0.1) is 10.6 Å². The lowest BCUT2D eigenvalue weighted by atomic mass is 10.2. The molecule has 0 aliphatic rings. The van der Waals surface area contributed by atoms with Gasteiger partial charge in [0.2, 0.25) is 0 Å². The zero-order chi connectivity index (χ0) is 22.6. The molecule has 0 aliphatic carbocycles. The molecule has 0 saturated heterocycles. The average Bonchev–Trinajstić information content (AvgIpc) is 2.83. The molecule has 0 fully saturated rings. The van der Waals surface area contributed by atoms with Crippen molar-refractivity contribution in [3.8, 4) is 5.75 Å². The van der Waals surface area contributed by atoms with Gasteiger partial charge in [0.15, 0.2) is 6.61 Å². The molecule has 1 aromatic heterocycles. The van der Waals surface area contributed by atoms with E-state index in [2.05, 4.69) is 10.3 Å². The number of benzene rings is 3. The first-order valence-corrected chi connectivity index (χ1v) is 11.3. The Morgan fingerprint density at radius 3 is 2.53 bits per heavy atom. The van der Waals surface area contributed by atoms with Crippen LogP contribution in [-0.4, -0.2) is 33.0 Å². The van der Waals surface area contributed by atoms with Crippen molar-refractivity contribution in [3.05, 3.63) is 91.1 Å². The van der Waals surface area contributed by atoms with Crippen LogP contribution in [0, 0.1) is 0 Å². The number of para-hydroxylation sites is 2. The Morgan fingerprint density at radius 2 is 1.72 bits per heavy atom. The van der Waals surface area contributed by atoms with Gasteiger partial charge in [-0.25, -0.2) is 8.42 Å². The highest BCUT2D eigenvalue weighted by molar-refractivity contribution is 7.92. The summed E-state index contributed by atoms with van der Waals surface area (Å²) in [4.78, 5) is 16.8. The van der Waals surface area contributed by atoms with Gasteiger partial charge in [-0.15, -0.1) is 0 Å². The molecule has 0 spiro atoms. The number of rotatable bonds is 7. The minimum absolute atomic E-state index is 0.0702. The highest BCUT2D eigenvalue weighted by atomic mass is 32.2. The Kier molecular flexibility index (Phi) is 6.04. The molecule has 0 bridgehead atoms. The van der Waals surface area contributed by atoms with E-state index in [1.807, 2.05) is 30.3 Å². The van der Waals surface area contributed by atoms with E-state index in [4.69, 9.17) is 4.74 Å². The minimum Gasteiger partial charge on any atom is -0.481 e. The van der Waals surface area contributed by atoms with Crippen molar-refractivity contribution in [2.24, 2.45) is 0 Å². The van der Waals surface area contributed by atoms with Crippen LogP contribution in [0.4, 0.5) is 11.4 Å². The zero-order valence-electron chi connectivity index (χ0n) is 17.3. The maximum Gasteiger partial charge on any atom is 0.264 e. The summed E-state index contributed by atoms with van der Waals surface area (Å²) in [6, 6.07) is 24.1. The number of nitrogens with zero attached hydrogens (tertiary/aromatic N) is 2. The predicted octanol–water partition coefficient (Wildman–Crippen LogP) is 4.08. The third-order valence-corrected chi connectivity index (χ3v) is 6.63. The number of hydrogen-bond donors (Lipinski definition) is 1. The van der Waals surface area contributed by atoms with Gasteiger partial charge in [-0.2, -0.15) is 0 Å². The second kappa shape index (κ2) is 9.07. The van der Waals surface area contributed by atoms with E-state index >= 15 is 0 Å². The molecule has 1 N–H and O–H groups in total. The lowest BCUT2D eigenvalue weighted by Gasteiger charge is -2.20. The topological polar surface area (TPSA) is 88.6 Å². The monoisotopic (exact) mass is 447 g/mol. The first-order valence-electron chi connectivity index (χ1n) is 9.85. The molecule has 1 heterocycles. The number of fused-ring (bicyclic) bond motifs is 1. The van der Waals surface area contributed by atoms with E-state index in [0.717, 1.165) is 5.39 Å². The van der Waals surface area contributed by atoms with Crippen molar-refractivity contribution in [2.45, 2.75) is 4.90 Å². The maximum atomic E-state index is 13.0. The highest BCUT2D eigenvalue weighted by Crippen LogP contribution is 2.25. The average molecular weight is 448 g/mol. The van der Waals surface area contributed by atoms with Gasteiger partial charge >= 0.3 is 0 Å². The molecule has 3 aromatic carbocycles. The standard InChI is InChI=1S/C24H21N3O4S/c1-27(20-11-3-2-4-12-20)32(29,30)21-13-6-10-19(16-21)26-23(28)17-31-22-14-5-8-18-9-7-15-25-24(18)22/h2-16H,17H2,1H3,(H,26,28). The molecule has 4 aromatic rings. The van der Waals surface area contributed by atoms with Crippen molar-refractivity contribution in [1.29, 1.82) is 0 Å². The number of carbonyl (C=O) groups is 1. The van der Waals surface area contributed by atoms with Gasteiger partial charge in [0, 0.05) is 24.3 Å². The van der Waals surface area contributed by atoms with Gasteiger partial charge in [-0.05, 0) is 42.5 Å². The molecule has 7 nitrogen and oxygen atoms in total. The van der Waals surface area contributed by atoms with E-state index in [-0.39, 0.29) is 11.5 Å². The predicted molar refractivity (Wildman–Crippen MR) is 124 cm³/mol. The quantitative estimate of drug-likeness (QED) is 0.461. The molecular formula is C24H21N3O4S. The molecular weight excluding hydrogens is 426 g/mol. The van der Waals surface area contributed by atoms with Crippen LogP contribution in [0.3, 0.4) is 0 Å². The largest absolute Gasteiger partial charge is 0.481 e. The van der Waals surface area contributed by atoms with Crippen molar-refractivity contribution in [2.75, 3.05) is 23.3 Å². The molecule has 0 saturated carbocycles. The van der Waals surface area contributed by atoms with Gasteiger partial charge in [0.1, 0.15) is 11.3 Å². The van der Waals surface area contributed by atoms with Gasteiger partial charge in [-0.3, -0.25) is 14.1 Å². The third kappa shape index (κ3) is 4.55. The fraction of sp³-hybridized carbons (Fsp3) is 0.0833. The van der Waals surface area contributed by atoms with Crippen molar-refractivity contribution < 1.29 is 17.9 Å². The number of ether oxygens (including phenoxy) is 1. The summed E-state index contributed by atoms with van der Waals surface area (Å²) in [5.74, 6) is 0.0861. The summed E-state index contributed by atoms with van der Waals surface area (Å²) in [6.07, 6.45) is 1.66. The van der Waals surface area contributed by atoms with Crippen LogP contribution in [0.2, 0.25) is 0 Å². The Balaban J connectivity index is 1.46. The van der Waals surface area contributed by atoms with Crippen LogP contribution in [0.25, 0.3) is 10.9 Å². The van der Waals surface area contributed by atoms with Gasteiger partial charge < -0.3 is 10.1 Å². The van der Waals surface area contributed by atoms with Crippen molar-refractivity contribution in [1.82, 2.24) is 4.98 Å². The number of sulfonamides is 1. The number of amides is 1. The SMILES string of the molecule is CN(c1ccccc1)S(=O)(=O)c1cccc(NC(=O)COc2cccc3cccnc23)c1. The summed E-state index contributed by atoms with van der Waals surface area (Å²) in [7, 11) is -2.30. The van der Waals surface area contributed by atoms with Crippen molar-refractivity contribution >= 4 is 38.2 Å². The molecule has 0 unspecified atom stereocenters. The Labute approximate surface area is 186 Å². The normalized spacial score (nSPS) is 11.2. The van der Waals surface area contributed by atoms with Crippen LogP contribution >= 0.6 is 0 Å². The second-order valence-electron chi connectivity index (χ2n) is 7.00. The number of anilines is 2. The summed E-state index contributed by atoms with van der Waals surface area (Å²) in [6.45, 7) is -0.240. The number of pyridine rings is 1. The first-order chi connectivity index (χ1) is 15.4. The molecule has 4 rings (SSSR count). The fourth-order valence-corrected chi connectivity index (χ4v) is 4.44. The molecule has 0 atom stereocenters. The number of hydrogen-bond acceptors (Lipinski definition) is 5. The fourth-order valence-electron chi connectivity index (χ4n) is 3.20. The summed E-state index contributed by atoms with van der Waals surface area (Å²) < 4.78 is 32.8. The van der Waals surface area contributed by atoms with Crippen LogP contribution in [0.1, 0.15) is 0 Å². The van der Waals surface area contributed by atoms with Gasteiger partial charge in [-0.1, -0.05) is 42.5 Å². The molecule has 1 amide bonds. The highest BCUT2D eigenvalue weighted by Gasteiger charge is 2.21. The zero-order valence-corrected chi connectivity index (χ0v) is 18.1. The molecule has 32 heavy (non-hydrogen) atoms. The first kappa shape index (κ1) is 21.3. The summed E-state index contributed by atoms with van der Waals surface area (Å²) in [5, 5.41) is 3.59. The number of aromatic nitrogens is 1. The van der Waals surface area contributed by atoms with Gasteiger partial charge in [0.25, 0.3) is 15.9 Å². The van der Waals surface area contributed by atoms with Crippen LogP contribution < -0.4 is 14.4 Å². The number of carbonyl (C=O) groups excluding carboxylic acids is 1. The Hall–Kier alpha value is -3.91. The maximum absolute atomic E-state index is 13.0. The van der Waals surface area contributed by atoms with Crippen LogP contribution in [-0.2, 0) is 14.8 Å². The van der Waals surface area contributed by atoms with E-state index in [9.17, 15) is 13.2 Å².